The summed E-state index contributed by atoms with van der Waals surface area (Å²) < 4.78 is 5.69. The highest BCUT2D eigenvalue weighted by Gasteiger charge is 2.17. The second kappa shape index (κ2) is 5.55. The third-order valence-corrected chi connectivity index (χ3v) is 3.95. The van der Waals surface area contributed by atoms with Crippen LogP contribution in [-0.4, -0.2) is 6.61 Å². The molecule has 0 radical (unpaired) electrons. The van der Waals surface area contributed by atoms with Gasteiger partial charge >= 0.3 is 0 Å². The molecule has 0 amide bonds. The summed E-state index contributed by atoms with van der Waals surface area (Å²) in [4.78, 5) is 0. The number of aryl methyl sites for hydroxylation is 1. The summed E-state index contributed by atoms with van der Waals surface area (Å²) in [5.74, 6) is 0.963. The molecule has 20 heavy (non-hydrogen) atoms. The van der Waals surface area contributed by atoms with Gasteiger partial charge in [0, 0.05) is 23.6 Å². The summed E-state index contributed by atoms with van der Waals surface area (Å²) in [6.07, 6.45) is 0.925. The fraction of sp³-hybridized carbons (Fsp3) is 0.250. The van der Waals surface area contributed by atoms with Crippen molar-refractivity contribution >= 4 is 28.9 Å². The molecule has 0 atom stereocenters. The van der Waals surface area contributed by atoms with Gasteiger partial charge in [0.05, 0.1) is 17.3 Å². The molecule has 2 nitrogen and oxygen atoms in total. The van der Waals surface area contributed by atoms with E-state index in [0.717, 1.165) is 45.6 Å². The first-order chi connectivity index (χ1) is 9.63. The van der Waals surface area contributed by atoms with Crippen LogP contribution in [0.4, 0.5) is 5.69 Å². The van der Waals surface area contributed by atoms with Crippen LogP contribution in [0.3, 0.4) is 0 Å². The molecule has 1 N–H and O–H groups in total. The minimum Gasteiger partial charge on any atom is -0.493 e. The maximum atomic E-state index is 6.22. The Morgan fingerprint density at radius 3 is 2.85 bits per heavy atom. The smallest absolute Gasteiger partial charge is 0.127 e. The summed E-state index contributed by atoms with van der Waals surface area (Å²) in [6, 6.07) is 9.90. The Morgan fingerprint density at radius 1 is 1.20 bits per heavy atom. The predicted octanol–water partition coefficient (Wildman–Crippen LogP) is 4.85. The highest BCUT2D eigenvalue weighted by molar-refractivity contribution is 6.33. The van der Waals surface area contributed by atoms with Gasteiger partial charge in [-0.3, -0.25) is 0 Å². The molecule has 0 bridgehead atoms. The Hall–Kier alpha value is -1.38. The zero-order valence-corrected chi connectivity index (χ0v) is 12.7. The number of hydrogen-bond acceptors (Lipinski definition) is 2. The number of fused-ring (bicyclic) bond motifs is 1. The summed E-state index contributed by atoms with van der Waals surface area (Å²) in [5, 5.41) is 4.82. The van der Waals surface area contributed by atoms with E-state index in [0.29, 0.717) is 6.54 Å². The normalized spacial score (nSPS) is 12.9. The van der Waals surface area contributed by atoms with Crippen LogP contribution in [0.15, 0.2) is 30.3 Å². The van der Waals surface area contributed by atoms with Crippen molar-refractivity contribution in [2.45, 2.75) is 19.9 Å². The van der Waals surface area contributed by atoms with Crippen LogP contribution in [0.25, 0.3) is 0 Å². The number of anilines is 1. The van der Waals surface area contributed by atoms with E-state index >= 15 is 0 Å². The van der Waals surface area contributed by atoms with E-state index < -0.39 is 0 Å². The highest BCUT2D eigenvalue weighted by atomic mass is 35.5. The Bertz CT molecular complexity index is 655. The summed E-state index contributed by atoms with van der Waals surface area (Å²) in [5.41, 5.74) is 4.32. The number of halogens is 2. The SMILES string of the molecule is Cc1ccc(NCc2cc(Cl)cc3c2OCC3)c(Cl)c1. The van der Waals surface area contributed by atoms with Gasteiger partial charge in [0.2, 0.25) is 0 Å². The molecule has 0 aliphatic carbocycles. The summed E-state index contributed by atoms with van der Waals surface area (Å²) in [6.45, 7) is 3.40. The van der Waals surface area contributed by atoms with Gasteiger partial charge in [-0.25, -0.2) is 0 Å². The Labute approximate surface area is 128 Å². The van der Waals surface area contributed by atoms with E-state index in [9.17, 15) is 0 Å². The lowest BCUT2D eigenvalue weighted by Gasteiger charge is -2.12. The van der Waals surface area contributed by atoms with Crippen LogP contribution in [0, 0.1) is 6.92 Å². The zero-order valence-electron chi connectivity index (χ0n) is 11.2. The van der Waals surface area contributed by atoms with Crippen LogP contribution in [0.5, 0.6) is 5.75 Å². The lowest BCUT2D eigenvalue weighted by atomic mass is 10.1. The zero-order chi connectivity index (χ0) is 14.1. The molecule has 0 unspecified atom stereocenters. The molecule has 1 heterocycles. The van der Waals surface area contributed by atoms with Crippen molar-refractivity contribution < 1.29 is 4.74 Å². The third-order valence-electron chi connectivity index (χ3n) is 3.42. The maximum Gasteiger partial charge on any atom is 0.127 e. The van der Waals surface area contributed by atoms with Gasteiger partial charge in [0.15, 0.2) is 0 Å². The maximum absolute atomic E-state index is 6.22. The molecule has 0 aromatic heterocycles. The first kappa shape index (κ1) is 13.6. The second-order valence-electron chi connectivity index (χ2n) is 4.99. The molecule has 4 heteroatoms. The second-order valence-corrected chi connectivity index (χ2v) is 5.83. The quantitative estimate of drug-likeness (QED) is 0.875. The van der Waals surface area contributed by atoms with Crippen LogP contribution in [-0.2, 0) is 13.0 Å². The molecule has 0 saturated heterocycles. The van der Waals surface area contributed by atoms with Crippen LogP contribution in [0.1, 0.15) is 16.7 Å². The standard InChI is InChI=1S/C16H15Cl2NO/c1-10-2-3-15(14(18)6-10)19-9-12-8-13(17)7-11-4-5-20-16(11)12/h2-3,6-8,19H,4-5,9H2,1H3. The van der Waals surface area contributed by atoms with Gasteiger partial charge in [-0.15, -0.1) is 0 Å². The van der Waals surface area contributed by atoms with Gasteiger partial charge in [0.1, 0.15) is 5.75 Å². The molecule has 3 rings (SSSR count). The van der Waals surface area contributed by atoms with E-state index in [2.05, 4.69) is 5.32 Å². The van der Waals surface area contributed by atoms with Crippen molar-refractivity contribution in [2.24, 2.45) is 0 Å². The fourth-order valence-corrected chi connectivity index (χ4v) is 3.00. The third kappa shape index (κ3) is 2.72. The van der Waals surface area contributed by atoms with E-state index in [4.69, 9.17) is 27.9 Å². The fourth-order valence-electron chi connectivity index (χ4n) is 2.43. The number of rotatable bonds is 3. The molecule has 0 fully saturated rings. The Morgan fingerprint density at radius 2 is 2.05 bits per heavy atom. The Balaban J connectivity index is 1.82. The molecule has 0 saturated carbocycles. The lowest BCUT2D eigenvalue weighted by molar-refractivity contribution is 0.354. The molecule has 2 aromatic rings. The van der Waals surface area contributed by atoms with Gasteiger partial charge in [-0.2, -0.15) is 0 Å². The summed E-state index contributed by atoms with van der Waals surface area (Å²) >= 11 is 12.4. The van der Waals surface area contributed by atoms with Crippen LogP contribution < -0.4 is 10.1 Å². The molecule has 2 aromatic carbocycles. The molecular formula is C16H15Cl2NO. The van der Waals surface area contributed by atoms with E-state index in [1.165, 1.54) is 5.56 Å². The molecule has 1 aliphatic heterocycles. The van der Waals surface area contributed by atoms with Gasteiger partial charge in [0.25, 0.3) is 0 Å². The van der Waals surface area contributed by atoms with Crippen molar-refractivity contribution in [3.05, 3.63) is 57.1 Å². The van der Waals surface area contributed by atoms with E-state index in [-0.39, 0.29) is 0 Å². The molecule has 1 aliphatic rings. The van der Waals surface area contributed by atoms with Crippen molar-refractivity contribution in [1.29, 1.82) is 0 Å². The topological polar surface area (TPSA) is 21.3 Å². The number of hydrogen-bond donors (Lipinski definition) is 1. The molecule has 104 valence electrons. The average Bonchev–Trinajstić information content (AvgIpc) is 2.85. The predicted molar refractivity (Wildman–Crippen MR) is 84.2 cm³/mol. The van der Waals surface area contributed by atoms with E-state index in [1.807, 2.05) is 37.3 Å². The molecule has 0 spiro atoms. The van der Waals surface area contributed by atoms with Crippen molar-refractivity contribution in [2.75, 3.05) is 11.9 Å². The van der Waals surface area contributed by atoms with Gasteiger partial charge < -0.3 is 10.1 Å². The van der Waals surface area contributed by atoms with Gasteiger partial charge in [-0.05, 0) is 42.3 Å². The minimum absolute atomic E-state index is 0.645. The largest absolute Gasteiger partial charge is 0.493 e. The number of ether oxygens (including phenoxy) is 1. The monoisotopic (exact) mass is 307 g/mol. The first-order valence-corrected chi connectivity index (χ1v) is 7.33. The highest BCUT2D eigenvalue weighted by Crippen LogP contribution is 2.33. The molecular weight excluding hydrogens is 293 g/mol. The van der Waals surface area contributed by atoms with Crippen LogP contribution in [0.2, 0.25) is 10.0 Å². The van der Waals surface area contributed by atoms with Crippen LogP contribution >= 0.6 is 23.2 Å². The summed E-state index contributed by atoms with van der Waals surface area (Å²) in [7, 11) is 0. The first-order valence-electron chi connectivity index (χ1n) is 6.57. The number of nitrogens with one attached hydrogen (secondary N) is 1. The Kier molecular flexibility index (Phi) is 3.77. The van der Waals surface area contributed by atoms with E-state index in [1.54, 1.807) is 0 Å². The number of benzene rings is 2. The lowest BCUT2D eigenvalue weighted by Crippen LogP contribution is -2.02. The van der Waals surface area contributed by atoms with Crippen molar-refractivity contribution in [3.63, 3.8) is 0 Å². The average molecular weight is 308 g/mol. The van der Waals surface area contributed by atoms with Crippen molar-refractivity contribution in [3.8, 4) is 5.75 Å². The minimum atomic E-state index is 0.645. The van der Waals surface area contributed by atoms with Crippen molar-refractivity contribution in [1.82, 2.24) is 0 Å². The van der Waals surface area contributed by atoms with Gasteiger partial charge in [-0.1, -0.05) is 29.3 Å².